The van der Waals surface area contributed by atoms with E-state index in [9.17, 15) is 18.0 Å². The zero-order valence-electron chi connectivity index (χ0n) is 16.7. The van der Waals surface area contributed by atoms with E-state index in [1.807, 2.05) is 0 Å². The molecule has 0 atom stereocenters. The van der Waals surface area contributed by atoms with Gasteiger partial charge in [-0.1, -0.05) is 11.2 Å². The highest BCUT2D eigenvalue weighted by Crippen LogP contribution is 2.31. The fourth-order valence-electron chi connectivity index (χ4n) is 3.23. The van der Waals surface area contributed by atoms with E-state index in [-0.39, 0.29) is 23.7 Å². The summed E-state index contributed by atoms with van der Waals surface area (Å²) in [5, 5.41) is 8.12. The molecule has 0 radical (unpaired) electrons. The fraction of sp³-hybridized carbons (Fsp3) is 0.190. The SMILES string of the molecule is Cc1cc(CN(C)C(=O)c2cnn(-c3cccc(C(F)(F)F)c3)c2-n2cccc2)no1. The molecule has 10 heteroatoms. The maximum atomic E-state index is 13.2. The Hall–Kier alpha value is -3.82. The Morgan fingerprint density at radius 3 is 2.55 bits per heavy atom. The van der Waals surface area contributed by atoms with Crippen molar-refractivity contribution in [2.24, 2.45) is 0 Å². The summed E-state index contributed by atoms with van der Waals surface area (Å²) in [5.41, 5.74) is 0.204. The van der Waals surface area contributed by atoms with Crippen LogP contribution in [0.5, 0.6) is 0 Å². The van der Waals surface area contributed by atoms with Crippen LogP contribution in [0.1, 0.15) is 27.4 Å². The summed E-state index contributed by atoms with van der Waals surface area (Å²) in [7, 11) is 1.60. The number of benzene rings is 1. The van der Waals surface area contributed by atoms with Crippen molar-refractivity contribution in [2.75, 3.05) is 7.05 Å². The smallest absolute Gasteiger partial charge is 0.361 e. The molecule has 0 saturated heterocycles. The molecule has 1 aromatic carbocycles. The van der Waals surface area contributed by atoms with Gasteiger partial charge >= 0.3 is 6.18 Å². The molecule has 7 nitrogen and oxygen atoms in total. The third-order valence-corrected chi connectivity index (χ3v) is 4.66. The second-order valence-electron chi connectivity index (χ2n) is 7.02. The van der Waals surface area contributed by atoms with Crippen LogP contribution in [0.3, 0.4) is 0 Å². The van der Waals surface area contributed by atoms with Crippen LogP contribution in [0, 0.1) is 6.92 Å². The lowest BCUT2D eigenvalue weighted by Gasteiger charge is -2.17. The maximum Gasteiger partial charge on any atom is 0.416 e. The molecule has 3 aromatic heterocycles. The van der Waals surface area contributed by atoms with Crippen LogP contribution in [0.15, 0.2) is 65.6 Å². The van der Waals surface area contributed by atoms with Crippen LogP contribution in [-0.4, -0.2) is 37.4 Å². The number of rotatable bonds is 5. The molecular formula is C21H18F3N5O2. The summed E-state index contributed by atoms with van der Waals surface area (Å²) in [4.78, 5) is 14.6. The number of amides is 1. The minimum atomic E-state index is -4.49. The van der Waals surface area contributed by atoms with Gasteiger partial charge in [0.1, 0.15) is 17.0 Å². The molecule has 0 fully saturated rings. The molecular weight excluding hydrogens is 411 g/mol. The van der Waals surface area contributed by atoms with Gasteiger partial charge in [0, 0.05) is 25.5 Å². The molecule has 0 bridgehead atoms. The number of carbonyl (C=O) groups is 1. The Labute approximate surface area is 175 Å². The Balaban J connectivity index is 1.75. The molecule has 0 N–H and O–H groups in total. The lowest BCUT2D eigenvalue weighted by Crippen LogP contribution is -2.27. The van der Waals surface area contributed by atoms with E-state index < -0.39 is 11.7 Å². The predicted molar refractivity (Wildman–Crippen MR) is 105 cm³/mol. The zero-order chi connectivity index (χ0) is 22.2. The third-order valence-electron chi connectivity index (χ3n) is 4.66. The Kier molecular flexibility index (Phi) is 5.14. The first-order valence-corrected chi connectivity index (χ1v) is 9.30. The molecule has 1 amide bonds. The van der Waals surface area contributed by atoms with Crippen molar-refractivity contribution >= 4 is 5.91 Å². The van der Waals surface area contributed by atoms with E-state index in [1.54, 1.807) is 49.1 Å². The number of hydrogen-bond acceptors (Lipinski definition) is 4. The van der Waals surface area contributed by atoms with Crippen molar-refractivity contribution in [3.8, 4) is 11.5 Å². The summed E-state index contributed by atoms with van der Waals surface area (Å²) in [5.74, 6) is 0.598. The van der Waals surface area contributed by atoms with Crippen LogP contribution >= 0.6 is 0 Å². The Morgan fingerprint density at radius 1 is 1.16 bits per heavy atom. The van der Waals surface area contributed by atoms with Crippen LogP contribution in [-0.2, 0) is 12.7 Å². The van der Waals surface area contributed by atoms with Gasteiger partial charge in [-0.2, -0.15) is 18.3 Å². The van der Waals surface area contributed by atoms with Gasteiger partial charge in [-0.15, -0.1) is 0 Å². The lowest BCUT2D eigenvalue weighted by atomic mass is 10.2. The Morgan fingerprint density at radius 2 is 1.90 bits per heavy atom. The predicted octanol–water partition coefficient (Wildman–Crippen LogP) is 4.25. The number of halogens is 3. The second-order valence-corrected chi connectivity index (χ2v) is 7.02. The second kappa shape index (κ2) is 7.78. The monoisotopic (exact) mass is 429 g/mol. The highest BCUT2D eigenvalue weighted by atomic mass is 19.4. The minimum Gasteiger partial charge on any atom is -0.361 e. The highest BCUT2D eigenvalue weighted by molar-refractivity contribution is 5.97. The first kappa shape index (κ1) is 20.5. The van der Waals surface area contributed by atoms with Crippen LogP contribution in [0.2, 0.25) is 0 Å². The van der Waals surface area contributed by atoms with Gasteiger partial charge in [0.25, 0.3) is 5.91 Å². The van der Waals surface area contributed by atoms with E-state index >= 15 is 0 Å². The number of aryl methyl sites for hydroxylation is 1. The minimum absolute atomic E-state index is 0.187. The van der Waals surface area contributed by atoms with E-state index in [4.69, 9.17) is 4.52 Å². The lowest BCUT2D eigenvalue weighted by molar-refractivity contribution is -0.137. The van der Waals surface area contributed by atoms with Crippen molar-refractivity contribution in [3.63, 3.8) is 0 Å². The molecule has 0 aliphatic rings. The van der Waals surface area contributed by atoms with Gasteiger partial charge in [0.15, 0.2) is 5.82 Å². The van der Waals surface area contributed by atoms with Gasteiger partial charge in [-0.25, -0.2) is 4.68 Å². The zero-order valence-corrected chi connectivity index (χ0v) is 16.7. The van der Waals surface area contributed by atoms with Gasteiger partial charge in [-0.05, 0) is 37.3 Å². The van der Waals surface area contributed by atoms with Crippen LogP contribution < -0.4 is 0 Å². The van der Waals surface area contributed by atoms with E-state index in [0.29, 0.717) is 17.3 Å². The van der Waals surface area contributed by atoms with Gasteiger partial charge in [0.05, 0.1) is 24.0 Å². The van der Waals surface area contributed by atoms with Crippen molar-refractivity contribution in [1.82, 2.24) is 24.4 Å². The standard InChI is InChI=1S/C21H18F3N5O2/c1-14-10-16(26-31-14)13-27(2)20(30)18-12-25-29(19(18)28-8-3-4-9-28)17-7-5-6-15(11-17)21(22,23)24/h3-12H,13H2,1-2H3. The topological polar surface area (TPSA) is 69.1 Å². The fourth-order valence-corrected chi connectivity index (χ4v) is 3.23. The number of hydrogen-bond donors (Lipinski definition) is 0. The summed E-state index contributed by atoms with van der Waals surface area (Å²) in [6, 6.07) is 10.0. The highest BCUT2D eigenvalue weighted by Gasteiger charge is 2.31. The average molecular weight is 429 g/mol. The van der Waals surface area contributed by atoms with E-state index in [1.165, 1.54) is 27.9 Å². The van der Waals surface area contributed by atoms with Gasteiger partial charge in [-0.3, -0.25) is 4.79 Å². The summed E-state index contributed by atoms with van der Waals surface area (Å²) in [6.45, 7) is 1.96. The summed E-state index contributed by atoms with van der Waals surface area (Å²) in [6.07, 6.45) is 0.242. The quantitative estimate of drug-likeness (QED) is 0.476. The molecule has 0 aliphatic heterocycles. The van der Waals surface area contributed by atoms with Crippen molar-refractivity contribution in [1.29, 1.82) is 0 Å². The first-order valence-electron chi connectivity index (χ1n) is 9.30. The van der Waals surface area contributed by atoms with E-state index in [0.717, 1.165) is 12.1 Å². The summed E-state index contributed by atoms with van der Waals surface area (Å²) >= 11 is 0. The molecule has 4 rings (SSSR count). The van der Waals surface area contributed by atoms with Crippen LogP contribution in [0.4, 0.5) is 13.2 Å². The molecule has 4 aromatic rings. The molecule has 0 saturated carbocycles. The Bertz CT molecular complexity index is 1210. The third kappa shape index (κ3) is 4.09. The van der Waals surface area contributed by atoms with Crippen molar-refractivity contribution < 1.29 is 22.5 Å². The van der Waals surface area contributed by atoms with E-state index in [2.05, 4.69) is 10.3 Å². The average Bonchev–Trinajstić information content (AvgIpc) is 3.47. The van der Waals surface area contributed by atoms with Gasteiger partial charge in [0.2, 0.25) is 0 Å². The molecule has 3 heterocycles. The number of nitrogens with zero attached hydrogens (tertiary/aromatic N) is 5. The van der Waals surface area contributed by atoms with Gasteiger partial charge < -0.3 is 14.0 Å². The number of alkyl halides is 3. The summed E-state index contributed by atoms with van der Waals surface area (Å²) < 4.78 is 47.6. The molecule has 0 unspecified atom stereocenters. The normalized spacial score (nSPS) is 11.6. The molecule has 0 spiro atoms. The molecule has 160 valence electrons. The number of aromatic nitrogens is 4. The van der Waals surface area contributed by atoms with Crippen molar-refractivity contribution in [3.05, 3.63) is 83.6 Å². The first-order chi connectivity index (χ1) is 14.7. The van der Waals surface area contributed by atoms with Crippen LogP contribution in [0.25, 0.3) is 11.5 Å². The molecule has 0 aliphatic carbocycles. The molecule has 31 heavy (non-hydrogen) atoms. The largest absolute Gasteiger partial charge is 0.416 e. The number of carbonyl (C=O) groups excluding carboxylic acids is 1. The van der Waals surface area contributed by atoms with Crippen molar-refractivity contribution in [2.45, 2.75) is 19.6 Å². The maximum absolute atomic E-state index is 13.2.